The molecular weight excluding hydrogens is 456 g/mol. The lowest BCUT2D eigenvalue weighted by Crippen LogP contribution is -2.31. The van der Waals surface area contributed by atoms with Gasteiger partial charge < -0.3 is 10.2 Å². The molecule has 0 amide bonds. The van der Waals surface area contributed by atoms with Crippen molar-refractivity contribution in [2.45, 2.75) is 92.6 Å². The molecule has 0 aliphatic heterocycles. The molecule has 182 valence electrons. The molecule has 1 atom stereocenters. The van der Waals surface area contributed by atoms with E-state index in [9.17, 15) is 31.5 Å². The van der Waals surface area contributed by atoms with Crippen LogP contribution in [0.3, 0.4) is 0 Å². The molecule has 0 aliphatic carbocycles. The summed E-state index contributed by atoms with van der Waals surface area (Å²) in [5, 5.41) is 16.6. The van der Waals surface area contributed by atoms with Crippen LogP contribution in [0.25, 0.3) is 0 Å². The summed E-state index contributed by atoms with van der Waals surface area (Å²) in [6.45, 7) is 2.13. The number of carboxylic acid groups (broad SMARTS) is 2. The standard InChI is InChI=1S/C22H34O8S2/c1-2-3-4-5-6-7-8-9-15-20(22(25)26)32(29,30)19-14-11-10-13-18(19)31(27,28)17-12-16-21(23)24/h10-11,13-14,20H,2-9,12,15-17H2,1H3,(H,23,24)(H,25,26). The summed E-state index contributed by atoms with van der Waals surface area (Å²) in [4.78, 5) is 21.4. The molecule has 8 nitrogen and oxygen atoms in total. The van der Waals surface area contributed by atoms with Crippen LogP contribution < -0.4 is 0 Å². The van der Waals surface area contributed by atoms with Gasteiger partial charge in [0.15, 0.2) is 24.9 Å². The van der Waals surface area contributed by atoms with E-state index in [1.54, 1.807) is 0 Å². The molecule has 10 heteroatoms. The number of benzene rings is 1. The number of carbonyl (C=O) groups is 2. The molecule has 0 bridgehead atoms. The van der Waals surface area contributed by atoms with Crippen molar-refractivity contribution >= 4 is 31.6 Å². The first kappa shape index (κ1) is 28.1. The highest BCUT2D eigenvalue weighted by molar-refractivity contribution is 7.95. The molecule has 32 heavy (non-hydrogen) atoms. The Balaban J connectivity index is 2.94. The Morgan fingerprint density at radius 1 is 0.812 bits per heavy atom. The van der Waals surface area contributed by atoms with Crippen LogP contribution in [-0.4, -0.2) is 50.0 Å². The summed E-state index contributed by atoms with van der Waals surface area (Å²) < 4.78 is 51.6. The van der Waals surface area contributed by atoms with Crippen molar-refractivity contribution in [1.29, 1.82) is 0 Å². The number of carboxylic acids is 2. The third kappa shape index (κ3) is 8.90. The number of unbranched alkanes of at least 4 members (excludes halogenated alkanes) is 7. The van der Waals surface area contributed by atoms with E-state index in [1.807, 2.05) is 0 Å². The molecule has 0 aromatic heterocycles. The van der Waals surface area contributed by atoms with Crippen molar-refractivity contribution in [1.82, 2.24) is 0 Å². The van der Waals surface area contributed by atoms with Gasteiger partial charge in [-0.2, -0.15) is 0 Å². The number of aliphatic carboxylic acids is 2. The first-order valence-corrected chi connectivity index (χ1v) is 14.2. The summed E-state index contributed by atoms with van der Waals surface area (Å²) in [7, 11) is -8.56. The molecule has 0 aliphatic rings. The second-order valence-electron chi connectivity index (χ2n) is 7.90. The molecule has 0 saturated heterocycles. The van der Waals surface area contributed by atoms with Gasteiger partial charge in [0, 0.05) is 6.42 Å². The Morgan fingerprint density at radius 2 is 1.34 bits per heavy atom. The zero-order valence-electron chi connectivity index (χ0n) is 18.5. The van der Waals surface area contributed by atoms with Crippen LogP contribution in [0.15, 0.2) is 34.1 Å². The van der Waals surface area contributed by atoms with Gasteiger partial charge in [0.1, 0.15) is 0 Å². The van der Waals surface area contributed by atoms with Crippen LogP contribution in [0.1, 0.15) is 77.6 Å². The Bertz CT molecular complexity index is 952. The van der Waals surface area contributed by atoms with Crippen LogP contribution in [0, 0.1) is 0 Å². The number of hydrogen-bond donors (Lipinski definition) is 2. The zero-order valence-corrected chi connectivity index (χ0v) is 20.2. The second kappa shape index (κ2) is 13.6. The average molecular weight is 491 g/mol. The maximum absolute atomic E-state index is 13.1. The topological polar surface area (TPSA) is 143 Å². The quantitative estimate of drug-likeness (QED) is 0.311. The van der Waals surface area contributed by atoms with Crippen molar-refractivity contribution in [2.75, 3.05) is 5.75 Å². The van der Waals surface area contributed by atoms with Crippen LogP contribution in [0.2, 0.25) is 0 Å². The zero-order chi connectivity index (χ0) is 24.2. The first-order valence-electron chi connectivity index (χ1n) is 11.0. The Labute approximate surface area is 190 Å². The van der Waals surface area contributed by atoms with E-state index in [2.05, 4.69) is 6.92 Å². The normalized spacial score (nSPS) is 13.0. The van der Waals surface area contributed by atoms with Crippen LogP contribution in [0.5, 0.6) is 0 Å². The van der Waals surface area contributed by atoms with Crippen LogP contribution in [0.4, 0.5) is 0 Å². The highest BCUT2D eigenvalue weighted by Gasteiger charge is 2.37. The fourth-order valence-corrected chi connectivity index (χ4v) is 7.29. The molecule has 1 aromatic rings. The molecule has 0 heterocycles. The molecule has 0 saturated carbocycles. The van der Waals surface area contributed by atoms with Gasteiger partial charge in [0.25, 0.3) is 0 Å². The van der Waals surface area contributed by atoms with Gasteiger partial charge in [-0.1, -0.05) is 70.4 Å². The summed E-state index contributed by atoms with van der Waals surface area (Å²) in [6, 6.07) is 4.93. The molecule has 1 aromatic carbocycles. The van der Waals surface area contributed by atoms with Crippen molar-refractivity contribution in [2.24, 2.45) is 0 Å². The highest BCUT2D eigenvalue weighted by Crippen LogP contribution is 2.28. The lowest BCUT2D eigenvalue weighted by molar-refractivity contribution is -0.137. The molecule has 2 N–H and O–H groups in total. The Hall–Kier alpha value is -1.94. The van der Waals surface area contributed by atoms with E-state index in [-0.39, 0.29) is 19.3 Å². The third-order valence-electron chi connectivity index (χ3n) is 5.26. The minimum absolute atomic E-state index is 0.0972. The fraction of sp³-hybridized carbons (Fsp3) is 0.636. The van der Waals surface area contributed by atoms with Gasteiger partial charge in [-0.25, -0.2) is 16.8 Å². The maximum atomic E-state index is 13.1. The van der Waals surface area contributed by atoms with Gasteiger partial charge in [0.05, 0.1) is 15.5 Å². The molecule has 0 spiro atoms. The number of rotatable bonds is 17. The van der Waals surface area contributed by atoms with Crippen LogP contribution >= 0.6 is 0 Å². The smallest absolute Gasteiger partial charge is 0.322 e. The molecular formula is C22H34O8S2. The molecule has 0 radical (unpaired) electrons. The lowest BCUT2D eigenvalue weighted by Gasteiger charge is -2.16. The lowest BCUT2D eigenvalue weighted by atomic mass is 10.1. The van der Waals surface area contributed by atoms with Gasteiger partial charge in [-0.3, -0.25) is 9.59 Å². The maximum Gasteiger partial charge on any atom is 0.322 e. The van der Waals surface area contributed by atoms with Crippen molar-refractivity contribution in [3.63, 3.8) is 0 Å². The van der Waals surface area contributed by atoms with Gasteiger partial charge >= 0.3 is 11.9 Å². The summed E-state index contributed by atoms with van der Waals surface area (Å²) >= 11 is 0. The van der Waals surface area contributed by atoms with Gasteiger partial charge in [-0.15, -0.1) is 0 Å². The highest BCUT2D eigenvalue weighted by atomic mass is 32.2. The monoisotopic (exact) mass is 490 g/mol. The second-order valence-corrected chi connectivity index (χ2v) is 12.1. The summed E-state index contributed by atoms with van der Waals surface area (Å²) in [5.74, 6) is -3.20. The predicted octanol–water partition coefficient (Wildman–Crippen LogP) is 4.08. The van der Waals surface area contributed by atoms with Crippen molar-refractivity contribution < 1.29 is 36.6 Å². The molecule has 0 fully saturated rings. The van der Waals surface area contributed by atoms with E-state index in [0.29, 0.717) is 12.8 Å². The van der Waals surface area contributed by atoms with E-state index < -0.39 is 52.4 Å². The van der Waals surface area contributed by atoms with Gasteiger partial charge in [0.2, 0.25) is 0 Å². The molecule has 1 rings (SSSR count). The minimum atomic E-state index is -4.46. The SMILES string of the molecule is CCCCCCCCCCC(C(=O)O)S(=O)(=O)c1ccccc1S(=O)(=O)CCCC(=O)O. The first-order chi connectivity index (χ1) is 15.0. The fourth-order valence-electron chi connectivity index (χ4n) is 3.49. The summed E-state index contributed by atoms with van der Waals surface area (Å²) in [6.07, 6.45) is 6.97. The van der Waals surface area contributed by atoms with E-state index >= 15 is 0 Å². The number of hydrogen-bond acceptors (Lipinski definition) is 6. The summed E-state index contributed by atoms with van der Waals surface area (Å²) in [5.41, 5.74) is 0. The Kier molecular flexibility index (Phi) is 11.9. The van der Waals surface area contributed by atoms with Gasteiger partial charge in [-0.05, 0) is 25.0 Å². The van der Waals surface area contributed by atoms with Crippen molar-refractivity contribution in [3.05, 3.63) is 24.3 Å². The minimum Gasteiger partial charge on any atom is -0.481 e. The van der Waals surface area contributed by atoms with E-state index in [4.69, 9.17) is 5.11 Å². The Morgan fingerprint density at radius 3 is 1.88 bits per heavy atom. The van der Waals surface area contributed by atoms with E-state index in [1.165, 1.54) is 18.6 Å². The van der Waals surface area contributed by atoms with E-state index in [0.717, 1.165) is 44.2 Å². The van der Waals surface area contributed by atoms with Crippen LogP contribution in [-0.2, 0) is 29.3 Å². The number of sulfone groups is 2. The average Bonchev–Trinajstić information content (AvgIpc) is 2.71. The van der Waals surface area contributed by atoms with Crippen molar-refractivity contribution in [3.8, 4) is 0 Å². The predicted molar refractivity (Wildman–Crippen MR) is 121 cm³/mol. The molecule has 1 unspecified atom stereocenters. The largest absolute Gasteiger partial charge is 0.481 e. The third-order valence-corrected chi connectivity index (χ3v) is 9.40.